The highest BCUT2D eigenvalue weighted by Gasteiger charge is 2.26. The lowest BCUT2D eigenvalue weighted by Crippen LogP contribution is -2.27. The Bertz CT molecular complexity index is 1260. The Morgan fingerprint density at radius 2 is 2.00 bits per heavy atom. The van der Waals surface area contributed by atoms with Crippen LogP contribution < -0.4 is 10.6 Å². The van der Waals surface area contributed by atoms with Crippen molar-refractivity contribution < 1.29 is 4.39 Å². The fourth-order valence-corrected chi connectivity index (χ4v) is 4.06. The predicted octanol–water partition coefficient (Wildman–Crippen LogP) is 3.84. The molecular weight excluding hydrogens is 379 g/mol. The van der Waals surface area contributed by atoms with E-state index in [9.17, 15) is 9.65 Å². The molecule has 1 aliphatic rings. The summed E-state index contributed by atoms with van der Waals surface area (Å²) in [4.78, 5) is 14.7. The molecular formula is C23H19FN6. The fraction of sp³-hybridized carbons (Fsp3) is 0.174. The molecule has 7 heteroatoms. The first-order chi connectivity index (χ1) is 14.6. The van der Waals surface area contributed by atoms with Crippen LogP contribution in [0.15, 0.2) is 54.9 Å². The minimum Gasteiger partial charge on any atom is -0.369 e. The van der Waals surface area contributed by atoms with Crippen molar-refractivity contribution >= 4 is 16.7 Å². The minimum absolute atomic E-state index is 0.0664. The van der Waals surface area contributed by atoms with E-state index < -0.39 is 5.82 Å². The Labute approximate surface area is 172 Å². The summed E-state index contributed by atoms with van der Waals surface area (Å²) in [6.07, 6.45) is 4.35. The maximum atomic E-state index is 14.2. The van der Waals surface area contributed by atoms with Crippen LogP contribution in [-0.2, 0) is 0 Å². The van der Waals surface area contributed by atoms with Gasteiger partial charge in [-0.2, -0.15) is 5.26 Å². The number of anilines is 1. The molecule has 0 radical (unpaired) electrons. The van der Waals surface area contributed by atoms with Gasteiger partial charge in [0.1, 0.15) is 11.6 Å². The van der Waals surface area contributed by atoms with Crippen molar-refractivity contribution in [2.24, 2.45) is 5.73 Å². The number of nitrogens with zero attached hydrogens (tertiary/aromatic N) is 4. The largest absolute Gasteiger partial charge is 0.369 e. The summed E-state index contributed by atoms with van der Waals surface area (Å²) in [5.41, 5.74) is 11.3. The predicted molar refractivity (Wildman–Crippen MR) is 114 cm³/mol. The highest BCUT2D eigenvalue weighted by Crippen LogP contribution is 2.40. The van der Waals surface area contributed by atoms with Gasteiger partial charge in [0, 0.05) is 37.1 Å². The second kappa shape index (κ2) is 7.25. The maximum absolute atomic E-state index is 14.2. The van der Waals surface area contributed by atoms with Gasteiger partial charge in [0.05, 0.1) is 33.9 Å². The second-order valence-corrected chi connectivity index (χ2v) is 7.52. The first-order valence-corrected chi connectivity index (χ1v) is 9.77. The summed E-state index contributed by atoms with van der Waals surface area (Å²) >= 11 is 0. The summed E-state index contributed by atoms with van der Waals surface area (Å²) in [5.74, 6) is 0.236. The van der Waals surface area contributed by atoms with E-state index in [0.717, 1.165) is 40.8 Å². The van der Waals surface area contributed by atoms with E-state index in [1.54, 1.807) is 18.5 Å². The van der Waals surface area contributed by atoms with Crippen LogP contribution in [0.4, 0.5) is 10.1 Å². The van der Waals surface area contributed by atoms with Crippen LogP contribution in [0, 0.1) is 17.1 Å². The number of nitrogens with two attached hydrogens (primary N) is 1. The molecule has 2 aromatic heterocycles. The van der Waals surface area contributed by atoms with Gasteiger partial charge in [-0.05, 0) is 42.3 Å². The number of imidazole rings is 1. The molecule has 148 valence electrons. The lowest BCUT2D eigenvalue weighted by Gasteiger charge is -2.24. The summed E-state index contributed by atoms with van der Waals surface area (Å²) in [6.45, 7) is 1.47. The molecule has 0 aliphatic carbocycles. The Morgan fingerprint density at radius 1 is 1.17 bits per heavy atom. The van der Waals surface area contributed by atoms with Gasteiger partial charge >= 0.3 is 0 Å². The summed E-state index contributed by atoms with van der Waals surface area (Å²) in [7, 11) is 0. The van der Waals surface area contributed by atoms with Crippen LogP contribution in [0.2, 0.25) is 0 Å². The molecule has 1 aliphatic heterocycles. The maximum Gasteiger partial charge on any atom is 0.142 e. The van der Waals surface area contributed by atoms with E-state index in [4.69, 9.17) is 10.7 Å². The molecule has 1 atom stereocenters. The molecule has 3 heterocycles. The molecule has 2 aromatic carbocycles. The number of hydrogen-bond acceptors (Lipinski definition) is 5. The molecule has 30 heavy (non-hydrogen) atoms. The van der Waals surface area contributed by atoms with Gasteiger partial charge < -0.3 is 15.6 Å². The number of fused-ring (bicyclic) bond motifs is 1. The van der Waals surface area contributed by atoms with Gasteiger partial charge in [-0.15, -0.1) is 0 Å². The van der Waals surface area contributed by atoms with Crippen molar-refractivity contribution in [3.05, 3.63) is 66.2 Å². The number of aromatic amines is 1. The molecule has 1 fully saturated rings. The van der Waals surface area contributed by atoms with Crippen molar-refractivity contribution in [2.45, 2.75) is 12.5 Å². The number of pyridine rings is 1. The third-order valence-corrected chi connectivity index (χ3v) is 5.44. The van der Waals surface area contributed by atoms with Gasteiger partial charge in [-0.3, -0.25) is 4.98 Å². The minimum atomic E-state index is -0.456. The van der Waals surface area contributed by atoms with Crippen molar-refractivity contribution in [2.75, 3.05) is 18.0 Å². The molecule has 0 spiro atoms. The third-order valence-electron chi connectivity index (χ3n) is 5.44. The van der Waals surface area contributed by atoms with Gasteiger partial charge in [0.2, 0.25) is 0 Å². The number of hydrogen-bond donors (Lipinski definition) is 2. The second-order valence-electron chi connectivity index (χ2n) is 7.52. The summed E-state index contributed by atoms with van der Waals surface area (Å²) in [5, 5.41) is 9.29. The summed E-state index contributed by atoms with van der Waals surface area (Å²) < 4.78 is 14.2. The highest BCUT2D eigenvalue weighted by molar-refractivity contribution is 5.91. The zero-order valence-corrected chi connectivity index (χ0v) is 16.1. The zero-order valence-electron chi connectivity index (χ0n) is 16.1. The first kappa shape index (κ1) is 18.3. The number of nitriles is 1. The van der Waals surface area contributed by atoms with Crippen LogP contribution in [0.3, 0.4) is 0 Å². The topological polar surface area (TPSA) is 94.6 Å². The van der Waals surface area contributed by atoms with E-state index in [0.29, 0.717) is 17.9 Å². The molecule has 4 aromatic rings. The van der Waals surface area contributed by atoms with Crippen LogP contribution in [0.1, 0.15) is 12.0 Å². The van der Waals surface area contributed by atoms with Crippen LogP contribution >= 0.6 is 0 Å². The number of benzene rings is 2. The number of para-hydroxylation sites is 2. The Kier molecular flexibility index (Phi) is 4.42. The van der Waals surface area contributed by atoms with E-state index in [2.05, 4.69) is 14.9 Å². The van der Waals surface area contributed by atoms with E-state index >= 15 is 0 Å². The molecule has 0 unspecified atom stereocenters. The average Bonchev–Trinajstić information content (AvgIpc) is 3.38. The van der Waals surface area contributed by atoms with E-state index in [1.165, 1.54) is 12.1 Å². The highest BCUT2D eigenvalue weighted by atomic mass is 19.1. The van der Waals surface area contributed by atoms with Crippen molar-refractivity contribution in [3.63, 3.8) is 0 Å². The van der Waals surface area contributed by atoms with Crippen LogP contribution in [0.5, 0.6) is 0 Å². The lowest BCUT2D eigenvalue weighted by molar-refractivity contribution is 0.628. The quantitative estimate of drug-likeness (QED) is 0.547. The average molecular weight is 398 g/mol. The number of H-pyrrole nitrogens is 1. The molecule has 0 amide bonds. The van der Waals surface area contributed by atoms with Crippen molar-refractivity contribution in [1.82, 2.24) is 15.0 Å². The van der Waals surface area contributed by atoms with Crippen molar-refractivity contribution in [3.8, 4) is 28.6 Å². The SMILES string of the molecule is N#Cc1cc(F)cc(-c2cncc(-c3nc4ccccc4[nH]3)c2N2CC[C@H](N)C2)c1. The number of halogens is 1. The molecule has 0 saturated carbocycles. The fourth-order valence-electron chi connectivity index (χ4n) is 4.06. The molecule has 6 nitrogen and oxygen atoms in total. The molecule has 5 rings (SSSR count). The Morgan fingerprint density at radius 3 is 2.77 bits per heavy atom. The van der Waals surface area contributed by atoms with Crippen molar-refractivity contribution in [1.29, 1.82) is 5.26 Å². The van der Waals surface area contributed by atoms with Crippen LogP contribution in [0.25, 0.3) is 33.5 Å². The number of aromatic nitrogens is 3. The van der Waals surface area contributed by atoms with Gasteiger partial charge in [-0.25, -0.2) is 9.37 Å². The monoisotopic (exact) mass is 398 g/mol. The number of rotatable bonds is 3. The zero-order chi connectivity index (χ0) is 20.7. The summed E-state index contributed by atoms with van der Waals surface area (Å²) in [6, 6.07) is 14.2. The van der Waals surface area contributed by atoms with E-state index in [-0.39, 0.29) is 11.6 Å². The standard InChI is InChI=1S/C23H19FN6/c24-16-8-14(10-25)7-15(9-16)18-11-27-12-19(22(18)30-6-5-17(26)13-30)23-28-20-3-1-2-4-21(20)29-23/h1-4,7-9,11-12,17H,5-6,13,26H2,(H,28,29)/t17-/m0/s1. The van der Waals surface area contributed by atoms with E-state index in [1.807, 2.05) is 30.3 Å². The Hall–Kier alpha value is -3.76. The first-order valence-electron chi connectivity index (χ1n) is 9.77. The normalized spacial score (nSPS) is 16.2. The molecule has 3 N–H and O–H groups in total. The lowest BCUT2D eigenvalue weighted by atomic mass is 9.99. The molecule has 1 saturated heterocycles. The van der Waals surface area contributed by atoms with Crippen LogP contribution in [-0.4, -0.2) is 34.1 Å². The molecule has 0 bridgehead atoms. The van der Waals surface area contributed by atoms with Gasteiger partial charge in [0.25, 0.3) is 0 Å². The smallest absolute Gasteiger partial charge is 0.142 e. The third kappa shape index (κ3) is 3.17. The Balaban J connectivity index is 1.75. The van der Waals surface area contributed by atoms with Gasteiger partial charge in [0.15, 0.2) is 0 Å². The number of nitrogens with one attached hydrogen (secondary N) is 1. The van der Waals surface area contributed by atoms with Gasteiger partial charge in [-0.1, -0.05) is 12.1 Å².